The van der Waals surface area contributed by atoms with E-state index in [-0.39, 0.29) is 5.92 Å². The van der Waals surface area contributed by atoms with Crippen LogP contribution in [0, 0.1) is 11.5 Å². The van der Waals surface area contributed by atoms with Gasteiger partial charge in [0.1, 0.15) is 6.29 Å². The molecule has 4 nitrogen and oxygen atoms in total. The van der Waals surface area contributed by atoms with Crippen LogP contribution < -0.4 is 0 Å². The van der Waals surface area contributed by atoms with Crippen LogP contribution in [0.25, 0.3) is 5.57 Å². The molecule has 0 saturated heterocycles. The number of hydrogen-bond donors (Lipinski definition) is 0. The minimum Gasteiger partial charge on any atom is -0.306 e. The van der Waals surface area contributed by atoms with Crippen molar-refractivity contribution < 1.29 is 4.79 Å². The molecule has 2 rings (SSSR count). The summed E-state index contributed by atoms with van der Waals surface area (Å²) < 4.78 is 0. The Morgan fingerprint density at radius 2 is 2.39 bits per heavy atom. The fourth-order valence-electron chi connectivity index (χ4n) is 1.96. The largest absolute Gasteiger partial charge is 0.306 e. The molecular weight excluding hydrogens is 226 g/mol. The van der Waals surface area contributed by atoms with E-state index >= 15 is 0 Å². The first-order chi connectivity index (χ1) is 8.74. The van der Waals surface area contributed by atoms with E-state index < -0.39 is 0 Å². The van der Waals surface area contributed by atoms with E-state index in [0.29, 0.717) is 6.54 Å². The second kappa shape index (κ2) is 5.46. The molecule has 0 N–H and O–H groups in total. The number of nitriles is 1. The van der Waals surface area contributed by atoms with E-state index in [9.17, 15) is 4.79 Å². The first-order valence-electron chi connectivity index (χ1n) is 6.00. The molecule has 1 aromatic heterocycles. The topological polar surface area (TPSA) is 57.0 Å². The molecule has 1 atom stereocenters. The molecule has 1 unspecified atom stereocenters. The SMILES string of the molecule is CC(C=O)c1ccc(C2=CCCN(C#N)C2)nc1. The van der Waals surface area contributed by atoms with Gasteiger partial charge in [0, 0.05) is 18.7 Å². The summed E-state index contributed by atoms with van der Waals surface area (Å²) in [5, 5.41) is 8.89. The van der Waals surface area contributed by atoms with E-state index in [1.54, 1.807) is 11.1 Å². The third-order valence-corrected chi connectivity index (χ3v) is 3.14. The second-order valence-electron chi connectivity index (χ2n) is 4.44. The Morgan fingerprint density at radius 1 is 1.56 bits per heavy atom. The summed E-state index contributed by atoms with van der Waals surface area (Å²) in [7, 11) is 0. The van der Waals surface area contributed by atoms with Crippen molar-refractivity contribution in [2.75, 3.05) is 13.1 Å². The van der Waals surface area contributed by atoms with E-state index in [2.05, 4.69) is 17.3 Å². The van der Waals surface area contributed by atoms with Crippen molar-refractivity contribution in [3.63, 3.8) is 0 Å². The fraction of sp³-hybridized carbons (Fsp3) is 0.357. The van der Waals surface area contributed by atoms with Crippen LogP contribution >= 0.6 is 0 Å². The summed E-state index contributed by atoms with van der Waals surface area (Å²) in [4.78, 5) is 16.8. The highest BCUT2D eigenvalue weighted by Crippen LogP contribution is 2.20. The summed E-state index contributed by atoms with van der Waals surface area (Å²) in [5.41, 5.74) is 2.88. The van der Waals surface area contributed by atoms with Gasteiger partial charge in [-0.1, -0.05) is 19.1 Å². The molecule has 0 aliphatic carbocycles. The Balaban J connectivity index is 2.17. The summed E-state index contributed by atoms with van der Waals surface area (Å²) in [5.74, 6) is -0.123. The summed E-state index contributed by atoms with van der Waals surface area (Å²) in [6.07, 6.45) is 7.80. The number of aromatic nitrogens is 1. The van der Waals surface area contributed by atoms with Gasteiger partial charge < -0.3 is 9.69 Å². The molecule has 1 aliphatic heterocycles. The first kappa shape index (κ1) is 12.3. The number of pyridine rings is 1. The summed E-state index contributed by atoms with van der Waals surface area (Å²) >= 11 is 0. The zero-order chi connectivity index (χ0) is 13.0. The maximum atomic E-state index is 10.7. The predicted octanol–water partition coefficient (Wildman–Crippen LogP) is 1.95. The molecule has 0 fully saturated rings. The van der Waals surface area contributed by atoms with Crippen molar-refractivity contribution in [1.29, 1.82) is 5.26 Å². The Bertz CT molecular complexity index is 499. The maximum absolute atomic E-state index is 10.7. The number of carbonyl (C=O) groups is 1. The van der Waals surface area contributed by atoms with E-state index in [0.717, 1.165) is 36.1 Å². The Morgan fingerprint density at radius 3 is 3.00 bits per heavy atom. The molecule has 0 radical (unpaired) electrons. The normalized spacial score (nSPS) is 16.7. The smallest absolute Gasteiger partial charge is 0.179 e. The molecule has 0 aromatic carbocycles. The molecular formula is C14H15N3O. The third kappa shape index (κ3) is 2.57. The molecule has 1 aromatic rings. The van der Waals surface area contributed by atoms with Gasteiger partial charge in [-0.3, -0.25) is 4.98 Å². The summed E-state index contributed by atoms with van der Waals surface area (Å²) in [6.45, 7) is 3.24. The van der Waals surface area contributed by atoms with E-state index in [1.165, 1.54) is 0 Å². The van der Waals surface area contributed by atoms with Crippen LogP contribution in [0.1, 0.15) is 30.5 Å². The van der Waals surface area contributed by atoms with Crippen molar-refractivity contribution >= 4 is 11.9 Å². The fourth-order valence-corrected chi connectivity index (χ4v) is 1.96. The monoisotopic (exact) mass is 241 g/mol. The van der Waals surface area contributed by atoms with Crippen LogP contribution in [0.3, 0.4) is 0 Å². The van der Waals surface area contributed by atoms with Crippen LogP contribution in [-0.4, -0.2) is 29.3 Å². The molecule has 2 heterocycles. The maximum Gasteiger partial charge on any atom is 0.179 e. The highest BCUT2D eigenvalue weighted by Gasteiger charge is 2.13. The third-order valence-electron chi connectivity index (χ3n) is 3.14. The van der Waals surface area contributed by atoms with Crippen molar-refractivity contribution in [3.8, 4) is 6.19 Å². The van der Waals surface area contributed by atoms with Gasteiger partial charge in [0.2, 0.25) is 0 Å². The summed E-state index contributed by atoms with van der Waals surface area (Å²) in [6, 6.07) is 3.84. The highest BCUT2D eigenvalue weighted by atomic mass is 16.1. The Hall–Kier alpha value is -2.15. The lowest BCUT2D eigenvalue weighted by molar-refractivity contribution is -0.108. The lowest BCUT2D eigenvalue weighted by Crippen LogP contribution is -2.24. The first-order valence-corrected chi connectivity index (χ1v) is 6.00. The Labute approximate surface area is 107 Å². The van der Waals surface area contributed by atoms with Crippen molar-refractivity contribution in [3.05, 3.63) is 35.7 Å². The van der Waals surface area contributed by atoms with Gasteiger partial charge in [-0.05, 0) is 23.6 Å². The van der Waals surface area contributed by atoms with Gasteiger partial charge in [-0.15, -0.1) is 0 Å². The van der Waals surface area contributed by atoms with Crippen LogP contribution in [0.4, 0.5) is 0 Å². The van der Waals surface area contributed by atoms with Crippen LogP contribution in [0.15, 0.2) is 24.4 Å². The number of rotatable bonds is 3. The van der Waals surface area contributed by atoms with Gasteiger partial charge in [-0.2, -0.15) is 5.26 Å². The average molecular weight is 241 g/mol. The minimum absolute atomic E-state index is 0.123. The van der Waals surface area contributed by atoms with E-state index in [4.69, 9.17) is 5.26 Å². The molecule has 0 spiro atoms. The lowest BCUT2D eigenvalue weighted by Gasteiger charge is -2.21. The van der Waals surface area contributed by atoms with Gasteiger partial charge in [0.05, 0.1) is 12.2 Å². The standard InChI is InChI=1S/C14H15N3O/c1-11(9-18)12-4-5-14(16-7-12)13-3-2-6-17(8-13)10-15/h3-5,7,9,11H,2,6,8H2,1H3. The minimum atomic E-state index is -0.123. The van der Waals surface area contributed by atoms with Crippen LogP contribution in [0.5, 0.6) is 0 Å². The molecule has 0 amide bonds. The van der Waals surface area contributed by atoms with Gasteiger partial charge in [-0.25, -0.2) is 0 Å². The lowest BCUT2D eigenvalue weighted by atomic mass is 10.0. The van der Waals surface area contributed by atoms with Crippen molar-refractivity contribution in [2.45, 2.75) is 19.3 Å². The number of nitrogens with zero attached hydrogens (tertiary/aromatic N) is 3. The van der Waals surface area contributed by atoms with Gasteiger partial charge in [0.15, 0.2) is 6.19 Å². The molecule has 18 heavy (non-hydrogen) atoms. The number of carbonyl (C=O) groups excluding carboxylic acids is 1. The van der Waals surface area contributed by atoms with Gasteiger partial charge in [0.25, 0.3) is 0 Å². The molecule has 92 valence electrons. The Kier molecular flexibility index (Phi) is 3.73. The number of aldehydes is 1. The van der Waals surface area contributed by atoms with E-state index in [1.807, 2.05) is 19.1 Å². The average Bonchev–Trinajstić information content (AvgIpc) is 2.46. The second-order valence-corrected chi connectivity index (χ2v) is 4.44. The molecule has 0 bridgehead atoms. The zero-order valence-corrected chi connectivity index (χ0v) is 10.3. The number of hydrogen-bond acceptors (Lipinski definition) is 4. The van der Waals surface area contributed by atoms with Crippen LogP contribution in [0.2, 0.25) is 0 Å². The van der Waals surface area contributed by atoms with Gasteiger partial charge >= 0.3 is 0 Å². The molecule has 1 aliphatic rings. The van der Waals surface area contributed by atoms with Crippen LogP contribution in [-0.2, 0) is 4.79 Å². The van der Waals surface area contributed by atoms with Crippen molar-refractivity contribution in [2.24, 2.45) is 0 Å². The quantitative estimate of drug-likeness (QED) is 0.599. The predicted molar refractivity (Wildman–Crippen MR) is 68.5 cm³/mol. The highest BCUT2D eigenvalue weighted by molar-refractivity contribution is 5.66. The van der Waals surface area contributed by atoms with Crippen molar-refractivity contribution in [1.82, 2.24) is 9.88 Å². The molecule has 0 saturated carbocycles. The molecule has 4 heteroatoms. The zero-order valence-electron chi connectivity index (χ0n) is 10.3.